The fourth-order valence-electron chi connectivity index (χ4n) is 3.99. The lowest BCUT2D eigenvalue weighted by molar-refractivity contribution is -0.139. The molecule has 0 saturated carbocycles. The van der Waals surface area contributed by atoms with Crippen molar-refractivity contribution in [2.75, 3.05) is 26.2 Å². The lowest BCUT2D eigenvalue weighted by Gasteiger charge is -2.20. The van der Waals surface area contributed by atoms with Crippen LogP contribution in [-0.2, 0) is 6.18 Å². The summed E-state index contributed by atoms with van der Waals surface area (Å²) in [6.07, 6.45) is -3.34. The summed E-state index contributed by atoms with van der Waals surface area (Å²) < 4.78 is 53.0. The first-order valence-electron chi connectivity index (χ1n) is 11.6. The molecule has 34 heavy (non-hydrogen) atoms. The lowest BCUT2D eigenvalue weighted by Crippen LogP contribution is -2.28. The molecule has 0 amide bonds. The minimum atomic E-state index is -4.68. The molecule has 1 atom stereocenters. The molecule has 0 fully saturated rings. The van der Waals surface area contributed by atoms with E-state index in [4.69, 9.17) is 14.9 Å². The van der Waals surface area contributed by atoms with Crippen molar-refractivity contribution in [3.63, 3.8) is 0 Å². The van der Waals surface area contributed by atoms with Gasteiger partial charge in [0, 0.05) is 17.5 Å². The van der Waals surface area contributed by atoms with Crippen LogP contribution in [0.15, 0.2) is 46.9 Å². The van der Waals surface area contributed by atoms with Crippen LogP contribution in [0.1, 0.15) is 66.9 Å². The van der Waals surface area contributed by atoms with Crippen LogP contribution >= 0.6 is 0 Å². The summed E-state index contributed by atoms with van der Waals surface area (Å²) in [5.74, 6) is -0.566. The topological polar surface area (TPSA) is 68.7 Å². The van der Waals surface area contributed by atoms with Crippen LogP contribution in [0.2, 0.25) is 0 Å². The summed E-state index contributed by atoms with van der Waals surface area (Å²) in [6.45, 7) is 8.08. The van der Waals surface area contributed by atoms with Crippen molar-refractivity contribution in [1.82, 2.24) is 4.90 Å². The number of para-hydroxylation sites is 1. The fraction of sp³-hybridized carbons (Fsp3) is 0.423. The predicted molar refractivity (Wildman–Crippen MR) is 126 cm³/mol. The molecule has 0 saturated heterocycles. The first-order valence-corrected chi connectivity index (χ1v) is 11.6. The number of carbonyl (C=O) groups excluding carboxylic acids is 1. The van der Waals surface area contributed by atoms with Gasteiger partial charge in [0.2, 0.25) is 0 Å². The third-order valence-corrected chi connectivity index (χ3v) is 5.89. The molecule has 2 aromatic carbocycles. The SMILES string of the molecule is CCCC(N)c1oc2ccccc2c1C(=O)c1ccc(OCCN(CC)CC)c(C(F)(F)F)c1. The van der Waals surface area contributed by atoms with Crippen molar-refractivity contribution in [2.24, 2.45) is 5.73 Å². The molecule has 8 heteroatoms. The van der Waals surface area contributed by atoms with Crippen molar-refractivity contribution in [3.8, 4) is 5.75 Å². The summed E-state index contributed by atoms with van der Waals surface area (Å²) >= 11 is 0. The zero-order chi connectivity index (χ0) is 24.9. The van der Waals surface area contributed by atoms with Gasteiger partial charge in [-0.1, -0.05) is 45.4 Å². The molecule has 0 aliphatic rings. The Morgan fingerprint density at radius 3 is 2.47 bits per heavy atom. The number of hydrogen-bond acceptors (Lipinski definition) is 5. The highest BCUT2D eigenvalue weighted by Gasteiger charge is 2.36. The Kier molecular flexibility index (Phi) is 8.38. The van der Waals surface area contributed by atoms with Crippen LogP contribution < -0.4 is 10.5 Å². The van der Waals surface area contributed by atoms with Gasteiger partial charge in [0.1, 0.15) is 23.7 Å². The second-order valence-corrected chi connectivity index (χ2v) is 8.15. The number of fused-ring (bicyclic) bond motifs is 1. The van der Waals surface area contributed by atoms with Crippen LogP contribution in [0.25, 0.3) is 11.0 Å². The Balaban J connectivity index is 2.00. The maximum atomic E-state index is 13.9. The summed E-state index contributed by atoms with van der Waals surface area (Å²) in [4.78, 5) is 15.5. The minimum absolute atomic E-state index is 0.0973. The molecular formula is C26H31F3N2O3. The highest BCUT2D eigenvalue weighted by atomic mass is 19.4. The number of furan rings is 1. The van der Waals surface area contributed by atoms with Crippen LogP contribution in [-0.4, -0.2) is 36.9 Å². The Hall–Kier alpha value is -2.84. The van der Waals surface area contributed by atoms with Gasteiger partial charge in [-0.25, -0.2) is 0 Å². The predicted octanol–water partition coefficient (Wildman–Crippen LogP) is 6.20. The van der Waals surface area contributed by atoms with Gasteiger partial charge in [0.05, 0.1) is 17.2 Å². The van der Waals surface area contributed by atoms with Gasteiger partial charge in [0.15, 0.2) is 5.78 Å². The van der Waals surface area contributed by atoms with Crippen LogP contribution in [0.4, 0.5) is 13.2 Å². The molecule has 1 unspecified atom stereocenters. The number of benzene rings is 2. The second-order valence-electron chi connectivity index (χ2n) is 8.15. The molecule has 1 heterocycles. The number of carbonyl (C=O) groups is 1. The first kappa shape index (κ1) is 25.8. The quantitative estimate of drug-likeness (QED) is 0.334. The Morgan fingerprint density at radius 1 is 1.12 bits per heavy atom. The van der Waals surface area contributed by atoms with E-state index >= 15 is 0 Å². The average molecular weight is 477 g/mol. The molecule has 1 aromatic heterocycles. The van der Waals surface area contributed by atoms with Gasteiger partial charge in [-0.3, -0.25) is 4.79 Å². The highest BCUT2D eigenvalue weighted by molar-refractivity contribution is 6.17. The minimum Gasteiger partial charge on any atom is -0.492 e. The lowest BCUT2D eigenvalue weighted by atomic mass is 9.95. The number of ether oxygens (including phenoxy) is 1. The summed E-state index contributed by atoms with van der Waals surface area (Å²) in [6, 6.07) is 9.82. The molecule has 0 aliphatic carbocycles. The van der Waals surface area contributed by atoms with E-state index in [0.29, 0.717) is 29.7 Å². The van der Waals surface area contributed by atoms with E-state index in [-0.39, 0.29) is 23.5 Å². The summed E-state index contributed by atoms with van der Waals surface area (Å²) in [5.41, 5.74) is 5.86. The normalized spacial score (nSPS) is 12.9. The first-order chi connectivity index (χ1) is 16.2. The highest BCUT2D eigenvalue weighted by Crippen LogP contribution is 2.38. The van der Waals surface area contributed by atoms with Crippen molar-refractivity contribution >= 4 is 16.8 Å². The van der Waals surface area contributed by atoms with E-state index in [1.54, 1.807) is 24.3 Å². The van der Waals surface area contributed by atoms with Crippen molar-refractivity contribution in [2.45, 2.75) is 45.8 Å². The molecule has 3 aromatic rings. The van der Waals surface area contributed by atoms with Crippen molar-refractivity contribution in [1.29, 1.82) is 0 Å². The number of nitrogens with two attached hydrogens (primary N) is 1. The fourth-order valence-corrected chi connectivity index (χ4v) is 3.99. The smallest absolute Gasteiger partial charge is 0.419 e. The molecular weight excluding hydrogens is 445 g/mol. The number of alkyl halides is 3. The number of likely N-dealkylation sites (N-methyl/N-ethyl adjacent to an activating group) is 1. The van der Waals surface area contributed by atoms with E-state index in [1.165, 1.54) is 12.1 Å². The van der Waals surface area contributed by atoms with Gasteiger partial charge >= 0.3 is 6.18 Å². The molecule has 0 radical (unpaired) electrons. The number of rotatable bonds is 11. The number of nitrogens with zero attached hydrogens (tertiary/aromatic N) is 1. The molecule has 3 rings (SSSR count). The zero-order valence-corrected chi connectivity index (χ0v) is 19.7. The van der Waals surface area contributed by atoms with Crippen LogP contribution in [0.5, 0.6) is 5.75 Å². The monoisotopic (exact) mass is 476 g/mol. The number of halogens is 3. The third-order valence-electron chi connectivity index (χ3n) is 5.89. The van der Waals surface area contributed by atoms with Gasteiger partial charge in [-0.15, -0.1) is 0 Å². The Bertz CT molecular complexity index is 1120. The molecule has 0 bridgehead atoms. The maximum Gasteiger partial charge on any atom is 0.419 e. The van der Waals surface area contributed by atoms with Gasteiger partial charge in [-0.2, -0.15) is 13.2 Å². The molecule has 5 nitrogen and oxygen atoms in total. The molecule has 0 spiro atoms. The Morgan fingerprint density at radius 2 is 1.82 bits per heavy atom. The Labute approximate surface area is 197 Å². The van der Waals surface area contributed by atoms with Gasteiger partial charge in [-0.05, 0) is 43.8 Å². The number of ketones is 1. The molecule has 0 aliphatic heterocycles. The van der Waals surface area contributed by atoms with Gasteiger partial charge in [0.25, 0.3) is 0 Å². The van der Waals surface area contributed by atoms with E-state index in [2.05, 4.69) is 4.90 Å². The standard InChI is InChI=1S/C26H31F3N2O3/c1-4-9-20(30)25-23(18-10-7-8-11-21(18)34-25)24(32)17-12-13-22(19(16-17)26(27,28)29)33-15-14-31(5-2)6-3/h7-8,10-13,16,20H,4-6,9,14-15,30H2,1-3H3. The summed E-state index contributed by atoms with van der Waals surface area (Å²) in [7, 11) is 0. The zero-order valence-electron chi connectivity index (χ0n) is 19.7. The van der Waals surface area contributed by atoms with E-state index in [9.17, 15) is 18.0 Å². The van der Waals surface area contributed by atoms with Crippen LogP contribution in [0, 0.1) is 0 Å². The third kappa shape index (κ3) is 5.62. The van der Waals surface area contributed by atoms with Gasteiger partial charge < -0.3 is 19.8 Å². The average Bonchev–Trinajstić information content (AvgIpc) is 3.21. The van der Waals surface area contributed by atoms with E-state index in [1.807, 2.05) is 20.8 Å². The largest absolute Gasteiger partial charge is 0.492 e. The van der Waals surface area contributed by atoms with Crippen molar-refractivity contribution < 1.29 is 27.1 Å². The van der Waals surface area contributed by atoms with E-state index in [0.717, 1.165) is 25.6 Å². The van der Waals surface area contributed by atoms with Crippen LogP contribution in [0.3, 0.4) is 0 Å². The molecule has 184 valence electrons. The second kappa shape index (κ2) is 11.1. The van der Waals surface area contributed by atoms with Crippen molar-refractivity contribution in [3.05, 3.63) is 64.9 Å². The maximum absolute atomic E-state index is 13.9. The summed E-state index contributed by atoms with van der Waals surface area (Å²) in [5, 5.41) is 0.530. The van der Waals surface area contributed by atoms with E-state index < -0.39 is 23.6 Å². The number of hydrogen-bond donors (Lipinski definition) is 1. The molecule has 2 N–H and O–H groups in total.